The monoisotopic (exact) mass is 303 g/mol. The van der Waals surface area contributed by atoms with E-state index in [-0.39, 0.29) is 0 Å². The summed E-state index contributed by atoms with van der Waals surface area (Å²) in [5.74, 6) is 0.908. The predicted octanol–water partition coefficient (Wildman–Crippen LogP) is 5.18. The van der Waals surface area contributed by atoms with Gasteiger partial charge in [0, 0.05) is 21.8 Å². The van der Waals surface area contributed by atoms with Crippen molar-refractivity contribution >= 4 is 11.3 Å². The Kier molecular flexibility index (Phi) is 5.43. The van der Waals surface area contributed by atoms with Crippen LogP contribution in [0.4, 0.5) is 0 Å². The molecule has 21 heavy (non-hydrogen) atoms. The first-order chi connectivity index (χ1) is 10.0. The van der Waals surface area contributed by atoms with Crippen molar-refractivity contribution < 1.29 is 4.74 Å². The van der Waals surface area contributed by atoms with E-state index < -0.39 is 0 Å². The third-order valence-corrected chi connectivity index (χ3v) is 4.91. The molecule has 2 atom stereocenters. The maximum Gasteiger partial charge on any atom is 0.118 e. The van der Waals surface area contributed by atoms with E-state index in [1.807, 2.05) is 23.5 Å². The fraction of sp³-hybridized carbons (Fsp3) is 0.444. The van der Waals surface area contributed by atoms with Gasteiger partial charge in [-0.15, -0.1) is 11.3 Å². The van der Waals surface area contributed by atoms with E-state index >= 15 is 0 Å². The number of aryl methyl sites for hydroxylation is 2. The van der Waals surface area contributed by atoms with Crippen LogP contribution >= 0.6 is 11.3 Å². The van der Waals surface area contributed by atoms with Crippen molar-refractivity contribution in [3.05, 3.63) is 51.2 Å². The predicted molar refractivity (Wildman–Crippen MR) is 91.4 cm³/mol. The van der Waals surface area contributed by atoms with Crippen LogP contribution in [0, 0.1) is 13.8 Å². The summed E-state index contributed by atoms with van der Waals surface area (Å²) < 4.78 is 5.23. The van der Waals surface area contributed by atoms with Gasteiger partial charge in [-0.3, -0.25) is 0 Å². The lowest BCUT2D eigenvalue weighted by molar-refractivity contribution is 0.413. The van der Waals surface area contributed by atoms with Gasteiger partial charge < -0.3 is 10.1 Å². The van der Waals surface area contributed by atoms with Crippen LogP contribution in [0.1, 0.15) is 53.2 Å². The molecule has 0 aliphatic carbocycles. The van der Waals surface area contributed by atoms with E-state index in [1.165, 1.54) is 20.9 Å². The van der Waals surface area contributed by atoms with Gasteiger partial charge in [-0.25, -0.2) is 0 Å². The molecule has 114 valence electrons. The second-order valence-electron chi connectivity index (χ2n) is 5.49. The average Bonchev–Trinajstić information content (AvgIpc) is 2.83. The van der Waals surface area contributed by atoms with Crippen LogP contribution in [0.5, 0.6) is 5.75 Å². The lowest BCUT2D eigenvalue weighted by atomic mass is 10.0. The normalized spacial score (nSPS) is 14.0. The van der Waals surface area contributed by atoms with Crippen molar-refractivity contribution in [1.29, 1.82) is 0 Å². The molecule has 0 bridgehead atoms. The number of hydrogen-bond acceptors (Lipinski definition) is 3. The fourth-order valence-corrected chi connectivity index (χ4v) is 3.78. The summed E-state index contributed by atoms with van der Waals surface area (Å²) in [5.41, 5.74) is 2.74. The van der Waals surface area contributed by atoms with E-state index in [0.717, 1.165) is 12.2 Å². The molecule has 2 aromatic rings. The highest BCUT2D eigenvalue weighted by Crippen LogP contribution is 2.29. The number of thiophene rings is 1. The average molecular weight is 303 g/mol. The third-order valence-electron chi connectivity index (χ3n) is 3.92. The number of nitrogens with one attached hydrogen (secondary N) is 1. The van der Waals surface area contributed by atoms with Crippen molar-refractivity contribution in [2.24, 2.45) is 0 Å². The molecular weight excluding hydrogens is 278 g/mol. The Morgan fingerprint density at radius 2 is 1.86 bits per heavy atom. The van der Waals surface area contributed by atoms with Crippen LogP contribution in [-0.4, -0.2) is 7.11 Å². The minimum atomic E-state index is 0.363. The maximum atomic E-state index is 5.23. The largest absolute Gasteiger partial charge is 0.497 e. The second-order valence-corrected chi connectivity index (χ2v) is 6.95. The molecule has 2 unspecified atom stereocenters. The van der Waals surface area contributed by atoms with Gasteiger partial charge in [0.1, 0.15) is 5.75 Å². The first-order valence-corrected chi connectivity index (χ1v) is 8.33. The van der Waals surface area contributed by atoms with Crippen molar-refractivity contribution in [1.82, 2.24) is 5.32 Å². The fourth-order valence-electron chi connectivity index (χ4n) is 2.76. The Labute approximate surface area is 132 Å². The van der Waals surface area contributed by atoms with Crippen molar-refractivity contribution in [2.75, 3.05) is 7.11 Å². The molecule has 1 aromatic carbocycles. The number of ether oxygens (including phenoxy) is 1. The zero-order chi connectivity index (χ0) is 15.4. The van der Waals surface area contributed by atoms with Crippen LogP contribution in [-0.2, 0) is 0 Å². The van der Waals surface area contributed by atoms with E-state index in [2.05, 4.69) is 51.2 Å². The molecule has 0 aliphatic rings. The summed E-state index contributed by atoms with van der Waals surface area (Å²) in [5, 5.41) is 3.76. The highest BCUT2D eigenvalue weighted by molar-refractivity contribution is 7.12. The van der Waals surface area contributed by atoms with E-state index in [0.29, 0.717) is 12.1 Å². The number of rotatable bonds is 6. The van der Waals surface area contributed by atoms with Gasteiger partial charge in [-0.05, 0) is 56.5 Å². The van der Waals surface area contributed by atoms with Crippen LogP contribution in [0.25, 0.3) is 0 Å². The van der Waals surface area contributed by atoms with Crippen molar-refractivity contribution in [3.8, 4) is 5.75 Å². The molecule has 0 amide bonds. The Bertz CT molecular complexity index is 573. The third kappa shape index (κ3) is 3.86. The summed E-state index contributed by atoms with van der Waals surface area (Å²) in [6, 6.07) is 11.4. The Balaban J connectivity index is 2.12. The minimum absolute atomic E-state index is 0.363. The minimum Gasteiger partial charge on any atom is -0.497 e. The lowest BCUT2D eigenvalue weighted by Crippen LogP contribution is -2.24. The molecule has 0 saturated carbocycles. The van der Waals surface area contributed by atoms with Gasteiger partial charge >= 0.3 is 0 Å². The van der Waals surface area contributed by atoms with Gasteiger partial charge in [0.05, 0.1) is 7.11 Å². The molecule has 3 heteroatoms. The topological polar surface area (TPSA) is 21.3 Å². The van der Waals surface area contributed by atoms with Gasteiger partial charge in [-0.1, -0.05) is 19.1 Å². The molecule has 0 radical (unpaired) electrons. The molecule has 1 aromatic heterocycles. The molecule has 0 saturated heterocycles. The number of benzene rings is 1. The zero-order valence-electron chi connectivity index (χ0n) is 13.6. The standard InChI is InChI=1S/C18H25NOS/c1-6-18(15-7-9-16(20-5)10-8-15)19-13(3)17-11-12(2)21-14(17)4/h7-11,13,18-19H,6H2,1-5H3. The Morgan fingerprint density at radius 1 is 1.19 bits per heavy atom. The second kappa shape index (κ2) is 7.10. The smallest absolute Gasteiger partial charge is 0.118 e. The Morgan fingerprint density at radius 3 is 2.33 bits per heavy atom. The molecule has 0 fully saturated rings. The van der Waals surface area contributed by atoms with Crippen LogP contribution in [0.3, 0.4) is 0 Å². The quantitative estimate of drug-likeness (QED) is 0.794. The first-order valence-electron chi connectivity index (χ1n) is 7.52. The van der Waals surface area contributed by atoms with Crippen molar-refractivity contribution in [2.45, 2.75) is 46.2 Å². The lowest BCUT2D eigenvalue weighted by Gasteiger charge is -2.23. The van der Waals surface area contributed by atoms with Gasteiger partial charge in [-0.2, -0.15) is 0 Å². The maximum absolute atomic E-state index is 5.23. The van der Waals surface area contributed by atoms with E-state index in [1.54, 1.807) is 7.11 Å². The molecule has 0 spiro atoms. The van der Waals surface area contributed by atoms with E-state index in [9.17, 15) is 0 Å². The highest BCUT2D eigenvalue weighted by Gasteiger charge is 2.16. The molecule has 2 nitrogen and oxygen atoms in total. The summed E-state index contributed by atoms with van der Waals surface area (Å²) in [6.45, 7) is 8.86. The summed E-state index contributed by atoms with van der Waals surface area (Å²) in [7, 11) is 1.70. The van der Waals surface area contributed by atoms with Gasteiger partial charge in [0.15, 0.2) is 0 Å². The molecule has 0 aliphatic heterocycles. The van der Waals surface area contributed by atoms with Gasteiger partial charge in [0.2, 0.25) is 0 Å². The highest BCUT2D eigenvalue weighted by atomic mass is 32.1. The van der Waals surface area contributed by atoms with E-state index in [4.69, 9.17) is 4.74 Å². The van der Waals surface area contributed by atoms with Gasteiger partial charge in [0.25, 0.3) is 0 Å². The molecule has 1 N–H and O–H groups in total. The van der Waals surface area contributed by atoms with Crippen LogP contribution < -0.4 is 10.1 Å². The van der Waals surface area contributed by atoms with Crippen LogP contribution in [0.15, 0.2) is 30.3 Å². The summed E-state index contributed by atoms with van der Waals surface area (Å²) >= 11 is 1.88. The first kappa shape index (κ1) is 16.1. The molecular formula is C18H25NOS. The van der Waals surface area contributed by atoms with Crippen LogP contribution in [0.2, 0.25) is 0 Å². The Hall–Kier alpha value is -1.32. The number of methoxy groups -OCH3 is 1. The van der Waals surface area contributed by atoms with Crippen molar-refractivity contribution in [3.63, 3.8) is 0 Å². The number of hydrogen-bond donors (Lipinski definition) is 1. The summed E-state index contributed by atoms with van der Waals surface area (Å²) in [4.78, 5) is 2.80. The zero-order valence-corrected chi connectivity index (χ0v) is 14.4. The molecule has 1 heterocycles. The SMILES string of the molecule is CCC(NC(C)c1cc(C)sc1C)c1ccc(OC)cc1. The molecule has 2 rings (SSSR count). The summed E-state index contributed by atoms with van der Waals surface area (Å²) in [6.07, 6.45) is 1.07.